The Balaban J connectivity index is 1.29. The first-order valence-electron chi connectivity index (χ1n) is 11.6. The van der Waals surface area contributed by atoms with Crippen LogP contribution in [-0.2, 0) is 9.59 Å². The number of anilines is 2. The molecule has 2 amide bonds. The van der Waals surface area contributed by atoms with Crippen LogP contribution in [0.3, 0.4) is 0 Å². The lowest BCUT2D eigenvalue weighted by atomic mass is 9.55. The zero-order chi connectivity index (χ0) is 23.9. The Bertz CT molecular complexity index is 1310. The molecule has 8 heteroatoms. The molecule has 0 unspecified atom stereocenters. The van der Waals surface area contributed by atoms with E-state index in [2.05, 4.69) is 20.3 Å². The van der Waals surface area contributed by atoms with Crippen LogP contribution in [0.5, 0.6) is 0 Å². The lowest BCUT2D eigenvalue weighted by Gasteiger charge is -2.49. The fourth-order valence-corrected chi connectivity index (χ4v) is 5.30. The van der Waals surface area contributed by atoms with E-state index in [1.807, 2.05) is 25.1 Å². The summed E-state index contributed by atoms with van der Waals surface area (Å²) < 4.78 is 0. The Hall–Kier alpha value is -3.81. The van der Waals surface area contributed by atoms with E-state index in [-0.39, 0.29) is 23.1 Å². The number of rotatable bonds is 4. The van der Waals surface area contributed by atoms with Gasteiger partial charge in [0.1, 0.15) is 11.6 Å². The molecule has 3 heterocycles. The van der Waals surface area contributed by atoms with Gasteiger partial charge in [-0.05, 0) is 80.0 Å². The molecule has 0 atom stereocenters. The van der Waals surface area contributed by atoms with Crippen LogP contribution in [0.1, 0.15) is 44.1 Å². The van der Waals surface area contributed by atoms with Gasteiger partial charge < -0.3 is 16.8 Å². The Labute approximate surface area is 197 Å². The van der Waals surface area contributed by atoms with Crippen molar-refractivity contribution in [1.82, 2.24) is 15.0 Å². The SMILES string of the molecule is Cc1ccncc1-c1cc2cc(NC(=O)C=C3CCC4(CC3)CC(C(N)=O)C4)ncc2c(N)n1. The van der Waals surface area contributed by atoms with Crippen molar-refractivity contribution < 1.29 is 9.59 Å². The molecule has 3 aromatic heterocycles. The lowest BCUT2D eigenvalue weighted by molar-refractivity contribution is -0.130. The Morgan fingerprint density at radius 2 is 1.94 bits per heavy atom. The number of aromatic nitrogens is 3. The van der Waals surface area contributed by atoms with Gasteiger partial charge in [-0.3, -0.25) is 14.6 Å². The van der Waals surface area contributed by atoms with Crippen molar-refractivity contribution in [3.05, 3.63) is 54.0 Å². The minimum absolute atomic E-state index is 0.0274. The highest BCUT2D eigenvalue weighted by Gasteiger charge is 2.47. The van der Waals surface area contributed by atoms with Crippen molar-refractivity contribution in [2.75, 3.05) is 11.1 Å². The summed E-state index contributed by atoms with van der Waals surface area (Å²) in [5.74, 6) is 0.499. The molecule has 5 N–H and O–H groups in total. The summed E-state index contributed by atoms with van der Waals surface area (Å²) in [6.45, 7) is 2.00. The predicted molar refractivity (Wildman–Crippen MR) is 131 cm³/mol. The summed E-state index contributed by atoms with van der Waals surface area (Å²) in [6, 6.07) is 5.68. The quantitative estimate of drug-likeness (QED) is 0.509. The summed E-state index contributed by atoms with van der Waals surface area (Å²) >= 11 is 0. The maximum atomic E-state index is 12.7. The topological polar surface area (TPSA) is 137 Å². The van der Waals surface area contributed by atoms with Gasteiger partial charge >= 0.3 is 0 Å². The normalized spacial score (nSPS) is 21.8. The largest absolute Gasteiger partial charge is 0.383 e. The standard InChI is InChI=1S/C26H28N6O2/c1-15-4-7-29-13-19(15)21-9-17-10-22(30-14-20(17)24(27)31-21)32-23(33)8-16-2-5-26(6-3-16)11-18(12-26)25(28)34/h4,7-10,13-14,18H,2-3,5-6,11-12H2,1H3,(H2,27,31)(H2,28,34)(H,30,32,33). The zero-order valence-electron chi connectivity index (χ0n) is 19.2. The van der Waals surface area contributed by atoms with E-state index in [4.69, 9.17) is 11.5 Å². The first-order valence-corrected chi connectivity index (χ1v) is 11.6. The maximum Gasteiger partial charge on any atom is 0.249 e. The van der Waals surface area contributed by atoms with Crippen LogP contribution in [0.15, 0.2) is 48.4 Å². The molecule has 8 nitrogen and oxygen atoms in total. The second-order valence-electron chi connectivity index (χ2n) is 9.67. The molecule has 0 aliphatic heterocycles. The number of hydrogen-bond donors (Lipinski definition) is 3. The Kier molecular flexibility index (Phi) is 5.51. The van der Waals surface area contributed by atoms with Gasteiger partial charge in [-0.2, -0.15) is 0 Å². The zero-order valence-corrected chi connectivity index (χ0v) is 19.2. The average Bonchev–Trinajstić information content (AvgIpc) is 2.78. The molecule has 0 aromatic carbocycles. The number of pyridine rings is 3. The first kappa shape index (κ1) is 22.0. The number of nitrogen functional groups attached to an aromatic ring is 1. The third kappa shape index (κ3) is 4.23. The molecular weight excluding hydrogens is 428 g/mol. The Morgan fingerprint density at radius 3 is 2.65 bits per heavy atom. The highest BCUT2D eigenvalue weighted by Crippen LogP contribution is 2.55. The van der Waals surface area contributed by atoms with E-state index < -0.39 is 0 Å². The van der Waals surface area contributed by atoms with Crippen LogP contribution >= 0.6 is 0 Å². The minimum atomic E-state index is -0.188. The summed E-state index contributed by atoms with van der Waals surface area (Å²) in [6.07, 6.45) is 12.4. The molecule has 0 saturated heterocycles. The van der Waals surface area contributed by atoms with Gasteiger partial charge in [-0.25, -0.2) is 9.97 Å². The second kappa shape index (κ2) is 8.52. The molecule has 0 bridgehead atoms. The van der Waals surface area contributed by atoms with Crippen LogP contribution in [-0.4, -0.2) is 26.8 Å². The van der Waals surface area contributed by atoms with E-state index in [9.17, 15) is 9.59 Å². The van der Waals surface area contributed by atoms with Crippen molar-refractivity contribution in [2.24, 2.45) is 17.1 Å². The number of nitrogens with two attached hydrogens (primary N) is 2. The van der Waals surface area contributed by atoms with E-state index in [0.29, 0.717) is 11.6 Å². The third-order valence-electron chi connectivity index (χ3n) is 7.36. The molecule has 3 aromatic rings. The van der Waals surface area contributed by atoms with Gasteiger partial charge in [0.05, 0.1) is 5.69 Å². The van der Waals surface area contributed by atoms with E-state index in [1.165, 1.54) is 0 Å². The average molecular weight is 457 g/mol. The number of fused-ring (bicyclic) bond motifs is 1. The number of nitrogens with zero attached hydrogens (tertiary/aromatic N) is 3. The maximum absolute atomic E-state index is 12.7. The number of aryl methyl sites for hydroxylation is 1. The fraction of sp³-hybridized carbons (Fsp3) is 0.346. The van der Waals surface area contributed by atoms with E-state index in [1.54, 1.807) is 24.7 Å². The van der Waals surface area contributed by atoms with Crippen molar-refractivity contribution >= 4 is 34.2 Å². The van der Waals surface area contributed by atoms with Crippen LogP contribution < -0.4 is 16.8 Å². The summed E-state index contributed by atoms with van der Waals surface area (Å²) in [5, 5.41) is 4.46. The second-order valence-corrected chi connectivity index (χ2v) is 9.67. The monoisotopic (exact) mass is 456 g/mol. The van der Waals surface area contributed by atoms with Crippen molar-refractivity contribution in [3.8, 4) is 11.3 Å². The number of carbonyl (C=O) groups is 2. The van der Waals surface area contributed by atoms with Crippen molar-refractivity contribution in [2.45, 2.75) is 45.4 Å². The van der Waals surface area contributed by atoms with Gasteiger partial charge in [0.2, 0.25) is 11.8 Å². The Morgan fingerprint density at radius 1 is 1.18 bits per heavy atom. The lowest BCUT2D eigenvalue weighted by Crippen LogP contribution is -2.45. The fourth-order valence-electron chi connectivity index (χ4n) is 5.30. The number of amides is 2. The van der Waals surface area contributed by atoms with Crippen molar-refractivity contribution in [1.29, 1.82) is 0 Å². The summed E-state index contributed by atoms with van der Waals surface area (Å²) in [4.78, 5) is 37.1. The van der Waals surface area contributed by atoms with E-state index >= 15 is 0 Å². The number of hydrogen-bond acceptors (Lipinski definition) is 6. The van der Waals surface area contributed by atoms with Crippen molar-refractivity contribution in [3.63, 3.8) is 0 Å². The van der Waals surface area contributed by atoms with Gasteiger partial charge in [-0.15, -0.1) is 0 Å². The molecule has 5 rings (SSSR count). The molecule has 34 heavy (non-hydrogen) atoms. The first-order chi connectivity index (χ1) is 16.3. The van der Waals surface area contributed by atoms with Crippen LogP contribution in [0.4, 0.5) is 11.6 Å². The molecular formula is C26H28N6O2. The molecule has 0 radical (unpaired) electrons. The van der Waals surface area contributed by atoms with Crippen LogP contribution in [0.2, 0.25) is 0 Å². The molecule has 2 saturated carbocycles. The summed E-state index contributed by atoms with van der Waals surface area (Å²) in [5.41, 5.74) is 15.7. The highest BCUT2D eigenvalue weighted by atomic mass is 16.2. The molecule has 2 aliphatic rings. The molecule has 1 spiro atoms. The number of primary amides is 1. The molecule has 2 fully saturated rings. The van der Waals surface area contributed by atoms with Gasteiger partial charge in [0.15, 0.2) is 0 Å². The number of carbonyl (C=O) groups excluding carboxylic acids is 2. The minimum Gasteiger partial charge on any atom is -0.383 e. The number of allylic oxidation sites excluding steroid dienone is 1. The predicted octanol–water partition coefficient (Wildman–Crippen LogP) is 3.90. The van der Waals surface area contributed by atoms with E-state index in [0.717, 1.165) is 71.7 Å². The van der Waals surface area contributed by atoms with Crippen LogP contribution in [0.25, 0.3) is 22.0 Å². The molecule has 174 valence electrons. The van der Waals surface area contributed by atoms with Gasteiger partial charge in [-0.1, -0.05) is 5.57 Å². The molecule has 2 aliphatic carbocycles. The van der Waals surface area contributed by atoms with Gasteiger partial charge in [0, 0.05) is 41.5 Å². The number of nitrogens with one attached hydrogen (secondary N) is 1. The third-order valence-corrected chi connectivity index (χ3v) is 7.36. The smallest absolute Gasteiger partial charge is 0.249 e. The summed E-state index contributed by atoms with van der Waals surface area (Å²) in [7, 11) is 0. The van der Waals surface area contributed by atoms with Crippen LogP contribution in [0, 0.1) is 18.3 Å². The van der Waals surface area contributed by atoms with Gasteiger partial charge in [0.25, 0.3) is 0 Å². The highest BCUT2D eigenvalue weighted by molar-refractivity contribution is 6.01.